The van der Waals surface area contributed by atoms with Crippen LogP contribution in [0.15, 0.2) is 36.4 Å². The second kappa shape index (κ2) is 6.54. The minimum absolute atomic E-state index is 0.122. The Balaban J connectivity index is 1.57. The lowest BCUT2D eigenvalue weighted by Gasteiger charge is -2.08. The molecule has 0 saturated carbocycles. The van der Waals surface area contributed by atoms with Gasteiger partial charge in [0.05, 0.1) is 12.1 Å². The topological polar surface area (TPSA) is 76.7 Å². The quantitative estimate of drug-likeness (QED) is 0.812. The van der Waals surface area contributed by atoms with Crippen molar-refractivity contribution in [2.75, 3.05) is 11.9 Å². The lowest BCUT2D eigenvalue weighted by Crippen LogP contribution is -2.33. The van der Waals surface area contributed by atoms with E-state index in [2.05, 4.69) is 20.1 Å². The molecule has 0 fully saturated rings. The van der Waals surface area contributed by atoms with Crippen LogP contribution in [0.2, 0.25) is 0 Å². The van der Waals surface area contributed by atoms with Crippen LogP contribution in [0.25, 0.3) is 0 Å². The monoisotopic (exact) mass is 370 g/mol. The first-order chi connectivity index (χ1) is 12.2. The second-order valence-corrected chi connectivity index (χ2v) is 5.18. The summed E-state index contributed by atoms with van der Waals surface area (Å²) in [6.07, 6.45) is -3.78. The van der Waals surface area contributed by atoms with Crippen molar-refractivity contribution >= 4 is 17.5 Å². The zero-order valence-electron chi connectivity index (χ0n) is 12.8. The maximum Gasteiger partial charge on any atom is 0.586 e. The fourth-order valence-corrected chi connectivity index (χ4v) is 2.16. The lowest BCUT2D eigenvalue weighted by atomic mass is 10.2. The van der Waals surface area contributed by atoms with Crippen LogP contribution in [0, 0.1) is 11.6 Å². The summed E-state index contributed by atoms with van der Waals surface area (Å²) >= 11 is 0. The van der Waals surface area contributed by atoms with Gasteiger partial charge in [0.1, 0.15) is 11.6 Å². The van der Waals surface area contributed by atoms with Crippen molar-refractivity contribution < 1.29 is 36.6 Å². The van der Waals surface area contributed by atoms with E-state index in [1.54, 1.807) is 0 Å². The van der Waals surface area contributed by atoms with Crippen LogP contribution in [0.5, 0.6) is 11.5 Å². The van der Waals surface area contributed by atoms with Crippen molar-refractivity contribution in [3.8, 4) is 11.5 Å². The Kier molecular flexibility index (Phi) is 4.41. The van der Waals surface area contributed by atoms with Gasteiger partial charge in [-0.05, 0) is 24.3 Å². The summed E-state index contributed by atoms with van der Waals surface area (Å²) in [5.41, 5.74) is -0.304. The van der Waals surface area contributed by atoms with Crippen molar-refractivity contribution in [1.82, 2.24) is 5.32 Å². The molecule has 0 saturated heterocycles. The minimum atomic E-state index is -3.78. The molecule has 2 aromatic rings. The molecule has 26 heavy (non-hydrogen) atoms. The summed E-state index contributed by atoms with van der Waals surface area (Å²) in [5, 5.41) is 4.50. The number of nitrogens with one attached hydrogen (secondary N) is 2. The SMILES string of the molecule is O=C(CNC(=O)c1ccc(F)cc1F)Nc1ccc2c(c1)OC(F)(F)O2. The molecule has 3 rings (SSSR count). The first-order valence-corrected chi connectivity index (χ1v) is 7.16. The van der Waals surface area contributed by atoms with E-state index in [-0.39, 0.29) is 17.2 Å². The molecule has 2 aromatic carbocycles. The van der Waals surface area contributed by atoms with E-state index in [0.29, 0.717) is 6.07 Å². The predicted octanol–water partition coefficient (Wildman–Crippen LogP) is 2.65. The third-order valence-electron chi connectivity index (χ3n) is 3.27. The van der Waals surface area contributed by atoms with Gasteiger partial charge >= 0.3 is 6.29 Å². The van der Waals surface area contributed by atoms with Gasteiger partial charge in [0.15, 0.2) is 11.5 Å². The molecule has 2 N–H and O–H groups in total. The van der Waals surface area contributed by atoms with Gasteiger partial charge in [-0.1, -0.05) is 0 Å². The van der Waals surface area contributed by atoms with E-state index < -0.39 is 41.9 Å². The van der Waals surface area contributed by atoms with E-state index >= 15 is 0 Å². The van der Waals surface area contributed by atoms with E-state index in [0.717, 1.165) is 18.2 Å². The van der Waals surface area contributed by atoms with Gasteiger partial charge in [0.2, 0.25) is 5.91 Å². The van der Waals surface area contributed by atoms with Crippen LogP contribution in [-0.4, -0.2) is 24.7 Å². The van der Waals surface area contributed by atoms with Crippen molar-refractivity contribution in [1.29, 1.82) is 0 Å². The fourth-order valence-electron chi connectivity index (χ4n) is 2.16. The zero-order chi connectivity index (χ0) is 18.9. The molecule has 10 heteroatoms. The van der Waals surface area contributed by atoms with Crippen LogP contribution in [0.1, 0.15) is 10.4 Å². The molecule has 0 bridgehead atoms. The van der Waals surface area contributed by atoms with Gasteiger partial charge in [-0.15, -0.1) is 8.78 Å². The molecule has 0 radical (unpaired) electrons. The molecule has 0 aromatic heterocycles. The number of hydrogen-bond acceptors (Lipinski definition) is 4. The van der Waals surface area contributed by atoms with Gasteiger partial charge in [-0.25, -0.2) is 8.78 Å². The largest absolute Gasteiger partial charge is 0.586 e. The highest BCUT2D eigenvalue weighted by atomic mass is 19.3. The average molecular weight is 370 g/mol. The molecule has 1 aliphatic rings. The first kappa shape index (κ1) is 17.5. The Labute approximate surface area is 143 Å². The van der Waals surface area contributed by atoms with Crippen LogP contribution in [0.4, 0.5) is 23.2 Å². The third-order valence-corrected chi connectivity index (χ3v) is 3.27. The highest BCUT2D eigenvalue weighted by molar-refractivity contribution is 5.99. The maximum absolute atomic E-state index is 13.5. The summed E-state index contributed by atoms with van der Waals surface area (Å²) in [5.74, 6) is -3.97. The predicted molar refractivity (Wildman–Crippen MR) is 80.0 cm³/mol. The van der Waals surface area contributed by atoms with E-state index in [9.17, 15) is 27.2 Å². The molecular formula is C16H10F4N2O4. The Morgan fingerprint density at radius 3 is 2.46 bits per heavy atom. The van der Waals surface area contributed by atoms with Crippen LogP contribution in [-0.2, 0) is 4.79 Å². The molecule has 0 aliphatic carbocycles. The number of carbonyl (C=O) groups excluding carboxylic acids is 2. The molecule has 2 amide bonds. The average Bonchev–Trinajstić information content (AvgIpc) is 2.85. The van der Waals surface area contributed by atoms with Crippen LogP contribution >= 0.6 is 0 Å². The van der Waals surface area contributed by atoms with Gasteiger partial charge in [0, 0.05) is 17.8 Å². The summed E-state index contributed by atoms with van der Waals surface area (Å²) < 4.78 is 60.6. The molecule has 6 nitrogen and oxygen atoms in total. The Morgan fingerprint density at radius 2 is 1.73 bits per heavy atom. The van der Waals surface area contributed by atoms with Gasteiger partial charge in [-0.2, -0.15) is 0 Å². The number of halogens is 4. The number of fused-ring (bicyclic) bond motifs is 1. The Morgan fingerprint density at radius 1 is 1.00 bits per heavy atom. The number of carbonyl (C=O) groups is 2. The van der Waals surface area contributed by atoms with Crippen molar-refractivity contribution in [2.24, 2.45) is 0 Å². The first-order valence-electron chi connectivity index (χ1n) is 7.16. The molecule has 0 unspecified atom stereocenters. The summed E-state index contributed by atoms with van der Waals surface area (Å²) in [6.45, 7) is -0.528. The second-order valence-electron chi connectivity index (χ2n) is 5.18. The molecule has 1 aliphatic heterocycles. The van der Waals surface area contributed by atoms with Gasteiger partial charge in [0.25, 0.3) is 5.91 Å². The summed E-state index contributed by atoms with van der Waals surface area (Å²) in [6, 6.07) is 5.98. The smallest absolute Gasteiger partial charge is 0.395 e. The van der Waals surface area contributed by atoms with Crippen molar-refractivity contribution in [3.05, 3.63) is 53.6 Å². The molecular weight excluding hydrogens is 360 g/mol. The number of amides is 2. The Hall–Kier alpha value is -3.30. The standard InChI is InChI=1S/C16H10F4N2O4/c17-8-1-3-10(11(18)5-8)15(24)21-7-14(23)22-9-2-4-12-13(6-9)26-16(19,20)25-12/h1-6H,7H2,(H,21,24)(H,22,23). The van der Waals surface area contributed by atoms with E-state index in [1.807, 2.05) is 0 Å². The van der Waals surface area contributed by atoms with Gasteiger partial charge < -0.3 is 20.1 Å². The zero-order valence-corrected chi connectivity index (χ0v) is 12.8. The number of benzene rings is 2. The van der Waals surface area contributed by atoms with Crippen molar-refractivity contribution in [2.45, 2.75) is 6.29 Å². The highest BCUT2D eigenvalue weighted by Gasteiger charge is 2.43. The van der Waals surface area contributed by atoms with Gasteiger partial charge in [-0.3, -0.25) is 9.59 Å². The lowest BCUT2D eigenvalue weighted by molar-refractivity contribution is -0.286. The van der Waals surface area contributed by atoms with E-state index in [1.165, 1.54) is 12.1 Å². The number of alkyl halides is 2. The molecule has 1 heterocycles. The van der Waals surface area contributed by atoms with Crippen molar-refractivity contribution in [3.63, 3.8) is 0 Å². The molecule has 0 atom stereocenters. The van der Waals surface area contributed by atoms with Crippen LogP contribution < -0.4 is 20.1 Å². The van der Waals surface area contributed by atoms with E-state index in [4.69, 9.17) is 0 Å². The molecule has 0 spiro atoms. The normalized spacial score (nSPS) is 14.0. The highest BCUT2D eigenvalue weighted by Crippen LogP contribution is 2.42. The number of ether oxygens (including phenoxy) is 2. The maximum atomic E-state index is 13.5. The number of hydrogen-bond donors (Lipinski definition) is 2. The number of anilines is 1. The Bertz CT molecular complexity index is 889. The number of rotatable bonds is 4. The third kappa shape index (κ3) is 3.85. The summed E-state index contributed by atoms with van der Waals surface area (Å²) in [4.78, 5) is 23.6. The molecule has 136 valence electrons. The van der Waals surface area contributed by atoms with Crippen LogP contribution in [0.3, 0.4) is 0 Å². The summed E-state index contributed by atoms with van der Waals surface area (Å²) in [7, 11) is 0. The minimum Gasteiger partial charge on any atom is -0.395 e. The fraction of sp³-hybridized carbons (Fsp3) is 0.125.